The fourth-order valence-electron chi connectivity index (χ4n) is 7.22. The van der Waals surface area contributed by atoms with Gasteiger partial charge < -0.3 is 0 Å². The van der Waals surface area contributed by atoms with Crippen LogP contribution < -0.4 is 15.9 Å². The van der Waals surface area contributed by atoms with Gasteiger partial charge in [0.25, 0.3) is 0 Å². The van der Waals surface area contributed by atoms with E-state index < -0.39 is 7.49 Å². The summed E-state index contributed by atoms with van der Waals surface area (Å²) >= 11 is 0. The van der Waals surface area contributed by atoms with Crippen molar-refractivity contribution in [2.24, 2.45) is 0 Å². The number of fused-ring (bicyclic) bond motifs is 3. The van der Waals surface area contributed by atoms with Crippen LogP contribution in [-0.4, -0.2) is 14.7 Å². The lowest BCUT2D eigenvalue weighted by atomic mass is 9.93. The van der Waals surface area contributed by atoms with E-state index in [1.165, 1.54) is 10.8 Å². The number of aromatic nitrogens is 2. The molecule has 9 rings (SSSR count). The average molecular weight is 674 g/mol. The fraction of sp³-hybridized carbons (Fsp3) is 0. The van der Waals surface area contributed by atoms with E-state index in [2.05, 4.69) is 138 Å². The van der Waals surface area contributed by atoms with Gasteiger partial charge in [-0.25, -0.2) is 9.58 Å². The fourth-order valence-corrected chi connectivity index (χ4v) is 9.90. The summed E-state index contributed by atoms with van der Waals surface area (Å²) in [6, 6.07) is 69.1. The molecular formula is C47H34N2OP+. The van der Waals surface area contributed by atoms with Crippen LogP contribution >= 0.6 is 7.49 Å². The van der Waals surface area contributed by atoms with Crippen LogP contribution in [-0.2, 0) is 0 Å². The van der Waals surface area contributed by atoms with Gasteiger partial charge in [0.1, 0.15) is 21.6 Å². The van der Waals surface area contributed by atoms with Gasteiger partial charge in [-0.1, -0.05) is 146 Å². The number of benzene rings is 8. The molecule has 0 aliphatic carbocycles. The Balaban J connectivity index is 1.16. The van der Waals surface area contributed by atoms with Gasteiger partial charge in [-0.3, -0.25) is 0 Å². The largest absolute Gasteiger partial charge is 0.238 e. The van der Waals surface area contributed by atoms with Crippen LogP contribution in [0.1, 0.15) is 0 Å². The van der Waals surface area contributed by atoms with E-state index in [9.17, 15) is 4.89 Å². The summed E-state index contributed by atoms with van der Waals surface area (Å²) in [5, 5.41) is 11.7. The maximum Gasteiger partial charge on any atom is 0.238 e. The maximum absolute atomic E-state index is 12.4. The zero-order valence-electron chi connectivity index (χ0n) is 27.8. The molecule has 0 saturated heterocycles. The summed E-state index contributed by atoms with van der Waals surface area (Å²) in [6.45, 7) is 0. The molecule has 9 aromatic rings. The number of nitrogens with zero attached hydrogens (tertiary/aromatic N) is 2. The Bertz CT molecular complexity index is 2560. The molecule has 3 nitrogen and oxygen atoms in total. The summed E-state index contributed by atoms with van der Waals surface area (Å²) in [4.78, 5) is 12.4. The van der Waals surface area contributed by atoms with Crippen LogP contribution in [0.15, 0.2) is 200 Å². The molecule has 51 heavy (non-hydrogen) atoms. The first-order valence-electron chi connectivity index (χ1n) is 17.2. The molecule has 0 aliphatic rings. The van der Waals surface area contributed by atoms with Gasteiger partial charge in [0.15, 0.2) is 0 Å². The van der Waals surface area contributed by atoms with E-state index in [4.69, 9.17) is 5.10 Å². The van der Waals surface area contributed by atoms with Gasteiger partial charge >= 0.3 is 0 Å². The van der Waals surface area contributed by atoms with Gasteiger partial charge in [0.05, 0.1) is 11.2 Å². The van der Waals surface area contributed by atoms with Crippen molar-refractivity contribution in [2.75, 3.05) is 0 Å². The van der Waals surface area contributed by atoms with Crippen LogP contribution in [0.3, 0.4) is 0 Å². The monoisotopic (exact) mass is 673 g/mol. The highest BCUT2D eigenvalue weighted by atomic mass is 31.2. The first-order valence-corrected chi connectivity index (χ1v) is 18.9. The molecule has 0 fully saturated rings. The summed E-state index contributed by atoms with van der Waals surface area (Å²) in [5.41, 5.74) is 8.63. The summed E-state index contributed by atoms with van der Waals surface area (Å²) in [5.74, 6) is 0. The first-order chi connectivity index (χ1) is 25.2. The third-order valence-corrected chi connectivity index (χ3v) is 12.9. The Morgan fingerprint density at radius 1 is 0.431 bits per heavy atom. The van der Waals surface area contributed by atoms with E-state index in [1.807, 2.05) is 66.7 Å². The van der Waals surface area contributed by atoms with Crippen molar-refractivity contribution in [3.05, 3.63) is 200 Å². The second kappa shape index (κ2) is 13.0. The lowest BCUT2D eigenvalue weighted by Gasteiger charge is -2.20. The molecular weight excluding hydrogens is 640 g/mol. The highest BCUT2D eigenvalue weighted by molar-refractivity contribution is 7.91. The smallest absolute Gasteiger partial charge is 0.235 e. The van der Waals surface area contributed by atoms with Crippen LogP contribution in [0, 0.1) is 0 Å². The zero-order valence-corrected chi connectivity index (χ0v) is 28.7. The SMILES string of the molecule is O[P+](c1ccccc1)(c1ccccc1)c1ccc(-c2ccc(-c3nn(-c4ccccc4)c4c3c(-c3ccccc3)cc3ccccc34)cc2)cc1. The summed E-state index contributed by atoms with van der Waals surface area (Å²) < 4.78 is 2.11. The number of para-hydroxylation sites is 1. The Hall–Kier alpha value is -6.12. The molecule has 242 valence electrons. The number of hydrogen-bond acceptors (Lipinski definition) is 2. The van der Waals surface area contributed by atoms with Gasteiger partial charge in [0, 0.05) is 16.3 Å². The van der Waals surface area contributed by atoms with E-state index >= 15 is 0 Å². The lowest BCUT2D eigenvalue weighted by molar-refractivity contribution is 0.633. The van der Waals surface area contributed by atoms with Gasteiger partial charge in [-0.05, 0) is 82.2 Å². The number of rotatable bonds is 7. The van der Waals surface area contributed by atoms with Crippen molar-refractivity contribution in [1.29, 1.82) is 0 Å². The van der Waals surface area contributed by atoms with Crippen molar-refractivity contribution in [2.45, 2.75) is 0 Å². The van der Waals surface area contributed by atoms with Crippen molar-refractivity contribution in [1.82, 2.24) is 9.78 Å². The third kappa shape index (κ3) is 5.45. The normalized spacial score (nSPS) is 11.6. The molecule has 1 N–H and O–H groups in total. The minimum Gasteiger partial charge on any atom is -0.235 e. The Labute approximate surface area is 298 Å². The topological polar surface area (TPSA) is 38.1 Å². The second-order valence-corrected chi connectivity index (χ2v) is 15.6. The van der Waals surface area contributed by atoms with Crippen molar-refractivity contribution < 1.29 is 4.89 Å². The molecule has 0 spiro atoms. The first kappa shape index (κ1) is 30.9. The molecule has 0 radical (unpaired) electrons. The van der Waals surface area contributed by atoms with E-state index in [-0.39, 0.29) is 0 Å². The minimum atomic E-state index is -2.79. The molecule has 8 aromatic carbocycles. The molecule has 0 amide bonds. The molecule has 4 heteroatoms. The molecule has 0 unspecified atom stereocenters. The van der Waals surface area contributed by atoms with Crippen LogP contribution in [0.2, 0.25) is 0 Å². The Morgan fingerprint density at radius 2 is 0.902 bits per heavy atom. The molecule has 1 heterocycles. The minimum absolute atomic E-state index is 0.929. The molecule has 0 atom stereocenters. The van der Waals surface area contributed by atoms with Gasteiger partial charge in [0.2, 0.25) is 7.49 Å². The molecule has 1 aromatic heterocycles. The maximum atomic E-state index is 12.4. The molecule has 0 saturated carbocycles. The quantitative estimate of drug-likeness (QED) is 0.171. The predicted octanol–water partition coefficient (Wildman–Crippen LogP) is 10.4. The predicted molar refractivity (Wildman–Crippen MR) is 216 cm³/mol. The molecule has 0 bridgehead atoms. The average Bonchev–Trinajstić information content (AvgIpc) is 3.63. The third-order valence-electron chi connectivity index (χ3n) is 9.75. The van der Waals surface area contributed by atoms with Crippen LogP contribution in [0.4, 0.5) is 0 Å². The van der Waals surface area contributed by atoms with Crippen LogP contribution in [0.25, 0.3) is 60.9 Å². The summed E-state index contributed by atoms with van der Waals surface area (Å²) in [6.07, 6.45) is 0. The highest BCUT2D eigenvalue weighted by Crippen LogP contribution is 2.51. The van der Waals surface area contributed by atoms with Gasteiger partial charge in [-0.2, -0.15) is 5.10 Å². The molecule has 0 aliphatic heterocycles. The number of hydrogen-bond donors (Lipinski definition) is 1. The van der Waals surface area contributed by atoms with Gasteiger partial charge in [-0.15, -0.1) is 0 Å². The highest BCUT2D eigenvalue weighted by Gasteiger charge is 2.44. The standard InChI is InChI=1S/C47H34N2OP/c50-51(40-20-9-3-10-21-40,41-22-11-4-12-23-41)42-31-29-35(30-32-42)34-25-27-37(28-26-34)46-45-44(36-15-5-1-6-16-36)33-38-17-13-14-24-43(38)47(45)49(48-46)39-18-7-2-8-19-39/h1-33,50H/q+1. The van der Waals surface area contributed by atoms with E-state index in [0.717, 1.165) is 66.0 Å². The lowest BCUT2D eigenvalue weighted by Crippen LogP contribution is -2.30. The van der Waals surface area contributed by atoms with Crippen molar-refractivity contribution in [3.8, 4) is 39.2 Å². The zero-order chi connectivity index (χ0) is 34.2. The van der Waals surface area contributed by atoms with E-state index in [0.29, 0.717) is 0 Å². The van der Waals surface area contributed by atoms with Crippen LogP contribution in [0.5, 0.6) is 0 Å². The summed E-state index contributed by atoms with van der Waals surface area (Å²) in [7, 11) is -2.79. The Kier molecular flexibility index (Phi) is 7.86. The van der Waals surface area contributed by atoms with Crippen molar-refractivity contribution >= 4 is 45.1 Å². The Morgan fingerprint density at radius 3 is 1.51 bits per heavy atom. The van der Waals surface area contributed by atoms with Crippen molar-refractivity contribution in [3.63, 3.8) is 0 Å². The van der Waals surface area contributed by atoms with E-state index in [1.54, 1.807) is 0 Å². The second-order valence-electron chi connectivity index (χ2n) is 12.8.